The van der Waals surface area contributed by atoms with Crippen molar-refractivity contribution in [3.8, 4) is 0 Å². The zero-order valence-corrected chi connectivity index (χ0v) is 11.4. The molecule has 0 saturated carbocycles. The molecule has 0 fully saturated rings. The maximum atomic E-state index is 12.8. The number of nitrogens with one attached hydrogen (secondary N) is 1. The standard InChI is InChI=1S/C14H17FN2S/c1-3-13-9-18-14(17-13)16-10(2)8-11-4-6-12(15)7-5-11/h4-7,9-10H,3,8H2,1-2H3,(H,16,17). The van der Waals surface area contributed by atoms with E-state index in [4.69, 9.17) is 0 Å². The van der Waals surface area contributed by atoms with Crippen molar-refractivity contribution in [3.05, 3.63) is 46.7 Å². The summed E-state index contributed by atoms with van der Waals surface area (Å²) in [6, 6.07) is 6.94. The van der Waals surface area contributed by atoms with Crippen molar-refractivity contribution in [3.63, 3.8) is 0 Å². The highest BCUT2D eigenvalue weighted by Crippen LogP contribution is 2.17. The van der Waals surface area contributed by atoms with Crippen LogP contribution < -0.4 is 5.32 Å². The van der Waals surface area contributed by atoms with Gasteiger partial charge in [-0.25, -0.2) is 9.37 Å². The molecule has 0 aliphatic carbocycles. The van der Waals surface area contributed by atoms with E-state index < -0.39 is 0 Å². The molecule has 1 aromatic carbocycles. The van der Waals surface area contributed by atoms with Gasteiger partial charge in [-0.3, -0.25) is 0 Å². The summed E-state index contributed by atoms with van der Waals surface area (Å²) in [6.07, 6.45) is 1.83. The van der Waals surface area contributed by atoms with Crippen LogP contribution in [0, 0.1) is 5.82 Å². The van der Waals surface area contributed by atoms with E-state index in [0.29, 0.717) is 0 Å². The Morgan fingerprint density at radius 1 is 1.33 bits per heavy atom. The Morgan fingerprint density at radius 3 is 2.67 bits per heavy atom. The average Bonchev–Trinajstić information content (AvgIpc) is 2.79. The number of halogens is 1. The molecule has 0 radical (unpaired) electrons. The van der Waals surface area contributed by atoms with Gasteiger partial charge in [-0.2, -0.15) is 0 Å². The smallest absolute Gasteiger partial charge is 0.183 e. The van der Waals surface area contributed by atoms with Crippen LogP contribution >= 0.6 is 11.3 Å². The molecule has 0 amide bonds. The van der Waals surface area contributed by atoms with E-state index in [0.717, 1.165) is 29.2 Å². The molecule has 4 heteroatoms. The molecule has 1 atom stereocenters. The topological polar surface area (TPSA) is 24.9 Å². The summed E-state index contributed by atoms with van der Waals surface area (Å²) in [5.41, 5.74) is 2.25. The lowest BCUT2D eigenvalue weighted by Gasteiger charge is -2.12. The number of anilines is 1. The lowest BCUT2D eigenvalue weighted by molar-refractivity contribution is 0.626. The van der Waals surface area contributed by atoms with E-state index in [1.165, 1.54) is 12.1 Å². The highest BCUT2D eigenvalue weighted by Gasteiger charge is 2.06. The molecule has 0 saturated heterocycles. The van der Waals surface area contributed by atoms with Crippen molar-refractivity contribution in [1.29, 1.82) is 0 Å². The van der Waals surface area contributed by atoms with Crippen molar-refractivity contribution in [2.75, 3.05) is 5.32 Å². The van der Waals surface area contributed by atoms with Gasteiger partial charge in [-0.05, 0) is 37.5 Å². The lowest BCUT2D eigenvalue weighted by Crippen LogP contribution is -2.17. The van der Waals surface area contributed by atoms with Gasteiger partial charge < -0.3 is 5.32 Å². The van der Waals surface area contributed by atoms with Gasteiger partial charge in [0.2, 0.25) is 0 Å². The molecule has 0 spiro atoms. The molecule has 1 N–H and O–H groups in total. The number of hydrogen-bond acceptors (Lipinski definition) is 3. The van der Waals surface area contributed by atoms with Crippen LogP contribution in [0.2, 0.25) is 0 Å². The van der Waals surface area contributed by atoms with Crippen molar-refractivity contribution in [1.82, 2.24) is 4.98 Å². The number of hydrogen-bond donors (Lipinski definition) is 1. The fourth-order valence-electron chi connectivity index (χ4n) is 1.77. The number of nitrogens with zero attached hydrogens (tertiary/aromatic N) is 1. The first kappa shape index (κ1) is 13.0. The molecule has 0 bridgehead atoms. The summed E-state index contributed by atoms with van der Waals surface area (Å²) in [5.74, 6) is -0.188. The Morgan fingerprint density at radius 2 is 2.06 bits per heavy atom. The first-order chi connectivity index (χ1) is 8.67. The van der Waals surface area contributed by atoms with Crippen LogP contribution in [0.15, 0.2) is 29.6 Å². The average molecular weight is 264 g/mol. The Bertz CT molecular complexity index is 493. The maximum absolute atomic E-state index is 12.8. The van der Waals surface area contributed by atoms with Gasteiger partial charge >= 0.3 is 0 Å². The van der Waals surface area contributed by atoms with E-state index in [-0.39, 0.29) is 11.9 Å². The van der Waals surface area contributed by atoms with Crippen LogP contribution in [0.25, 0.3) is 0 Å². The second kappa shape index (κ2) is 5.96. The quantitative estimate of drug-likeness (QED) is 0.886. The first-order valence-electron chi connectivity index (χ1n) is 6.12. The lowest BCUT2D eigenvalue weighted by atomic mass is 10.1. The number of aromatic nitrogens is 1. The minimum atomic E-state index is -0.188. The highest BCUT2D eigenvalue weighted by molar-refractivity contribution is 7.13. The number of aryl methyl sites for hydroxylation is 1. The Balaban J connectivity index is 1.91. The molecule has 1 aromatic heterocycles. The fraction of sp³-hybridized carbons (Fsp3) is 0.357. The van der Waals surface area contributed by atoms with E-state index in [1.54, 1.807) is 11.3 Å². The van der Waals surface area contributed by atoms with Crippen LogP contribution in [0.3, 0.4) is 0 Å². The van der Waals surface area contributed by atoms with Crippen molar-refractivity contribution in [2.24, 2.45) is 0 Å². The normalized spacial score (nSPS) is 12.4. The van der Waals surface area contributed by atoms with Gasteiger partial charge in [0.05, 0.1) is 5.69 Å². The number of thiazole rings is 1. The molecule has 2 rings (SSSR count). The van der Waals surface area contributed by atoms with Gasteiger partial charge in [-0.1, -0.05) is 19.1 Å². The highest BCUT2D eigenvalue weighted by atomic mass is 32.1. The van der Waals surface area contributed by atoms with Crippen molar-refractivity contribution < 1.29 is 4.39 Å². The molecule has 0 aliphatic rings. The van der Waals surface area contributed by atoms with Crippen molar-refractivity contribution in [2.45, 2.75) is 32.7 Å². The zero-order chi connectivity index (χ0) is 13.0. The molecular formula is C14H17FN2S. The van der Waals surface area contributed by atoms with Crippen LogP contribution in [0.1, 0.15) is 25.1 Å². The summed E-state index contributed by atoms with van der Waals surface area (Å²) in [6.45, 7) is 4.21. The molecule has 0 aliphatic heterocycles. The van der Waals surface area contributed by atoms with Gasteiger partial charge in [0.1, 0.15) is 5.82 Å². The van der Waals surface area contributed by atoms with Crippen molar-refractivity contribution >= 4 is 16.5 Å². The second-order valence-electron chi connectivity index (χ2n) is 4.37. The fourth-order valence-corrected chi connectivity index (χ4v) is 2.68. The molecule has 1 heterocycles. The van der Waals surface area contributed by atoms with E-state index in [2.05, 4.69) is 29.5 Å². The molecular weight excluding hydrogens is 247 g/mol. The van der Waals surface area contributed by atoms with E-state index in [1.807, 2.05) is 12.1 Å². The molecule has 1 unspecified atom stereocenters. The summed E-state index contributed by atoms with van der Waals surface area (Å²) in [7, 11) is 0. The number of rotatable bonds is 5. The third-order valence-corrected chi connectivity index (χ3v) is 3.56. The monoisotopic (exact) mass is 264 g/mol. The van der Waals surface area contributed by atoms with Crippen LogP contribution in [-0.2, 0) is 12.8 Å². The summed E-state index contributed by atoms with van der Waals surface area (Å²) in [4.78, 5) is 4.47. The first-order valence-corrected chi connectivity index (χ1v) is 7.00. The summed E-state index contributed by atoms with van der Waals surface area (Å²) < 4.78 is 12.8. The predicted molar refractivity (Wildman–Crippen MR) is 74.7 cm³/mol. The molecule has 96 valence electrons. The molecule has 2 nitrogen and oxygen atoms in total. The van der Waals surface area contributed by atoms with Gasteiger partial charge in [0.15, 0.2) is 5.13 Å². The van der Waals surface area contributed by atoms with E-state index in [9.17, 15) is 4.39 Å². The SMILES string of the molecule is CCc1csc(NC(C)Cc2ccc(F)cc2)n1. The van der Waals surface area contributed by atoms with Crippen LogP contribution in [-0.4, -0.2) is 11.0 Å². The van der Waals surface area contributed by atoms with Gasteiger partial charge in [0, 0.05) is 11.4 Å². The van der Waals surface area contributed by atoms with Gasteiger partial charge in [0.25, 0.3) is 0 Å². The molecule has 2 aromatic rings. The Kier molecular flexibility index (Phi) is 4.31. The third-order valence-electron chi connectivity index (χ3n) is 2.74. The van der Waals surface area contributed by atoms with Crippen LogP contribution in [0.4, 0.5) is 9.52 Å². The summed E-state index contributed by atoms with van der Waals surface area (Å²) >= 11 is 1.63. The summed E-state index contributed by atoms with van der Waals surface area (Å²) in [5, 5.41) is 6.41. The Labute approximate surface area is 111 Å². The third kappa shape index (κ3) is 3.53. The minimum absolute atomic E-state index is 0.188. The van der Waals surface area contributed by atoms with Gasteiger partial charge in [-0.15, -0.1) is 11.3 Å². The number of benzene rings is 1. The largest absolute Gasteiger partial charge is 0.359 e. The Hall–Kier alpha value is -1.42. The second-order valence-corrected chi connectivity index (χ2v) is 5.23. The van der Waals surface area contributed by atoms with Crippen LogP contribution in [0.5, 0.6) is 0 Å². The molecule has 18 heavy (non-hydrogen) atoms. The predicted octanol–water partition coefficient (Wildman–Crippen LogP) is 3.89. The maximum Gasteiger partial charge on any atom is 0.183 e. The van der Waals surface area contributed by atoms with E-state index >= 15 is 0 Å². The zero-order valence-electron chi connectivity index (χ0n) is 10.6. The minimum Gasteiger partial charge on any atom is -0.359 e.